The minimum Gasteiger partial charge on any atom is -0.289 e. The number of thiophene rings is 1. The molecule has 0 fully saturated rings. The van der Waals surface area contributed by atoms with Crippen molar-refractivity contribution < 1.29 is 4.79 Å². The van der Waals surface area contributed by atoms with E-state index in [1.54, 1.807) is 23.7 Å². The normalized spacial score (nSPS) is 10.3. The van der Waals surface area contributed by atoms with E-state index < -0.39 is 0 Å². The zero-order valence-corrected chi connectivity index (χ0v) is 9.47. The maximum absolute atomic E-state index is 12.0. The van der Waals surface area contributed by atoms with E-state index in [1.165, 1.54) is 0 Å². The van der Waals surface area contributed by atoms with Crippen molar-refractivity contribution in [2.45, 2.75) is 13.8 Å². The Kier molecular flexibility index (Phi) is 2.64. The largest absolute Gasteiger partial charge is 0.289 e. The maximum Gasteiger partial charge on any atom is 0.195 e. The summed E-state index contributed by atoms with van der Waals surface area (Å²) in [5.41, 5.74) is 2.42. The van der Waals surface area contributed by atoms with E-state index in [1.807, 2.05) is 31.4 Å². The summed E-state index contributed by atoms with van der Waals surface area (Å²) in [4.78, 5) is 17.2. The minimum absolute atomic E-state index is 0.0514. The molecule has 2 heterocycles. The molecule has 0 spiro atoms. The first kappa shape index (κ1) is 10.1. The summed E-state index contributed by atoms with van der Waals surface area (Å²) in [5.74, 6) is 0.0514. The molecule has 0 N–H and O–H groups in total. The van der Waals surface area contributed by atoms with Crippen LogP contribution in [0.1, 0.15) is 26.4 Å². The minimum atomic E-state index is 0.0514. The molecule has 2 aromatic heterocycles. The Morgan fingerprint density at radius 1 is 1.20 bits per heavy atom. The van der Waals surface area contributed by atoms with E-state index in [-0.39, 0.29) is 5.78 Å². The second kappa shape index (κ2) is 3.95. The maximum atomic E-state index is 12.0. The van der Waals surface area contributed by atoms with Crippen molar-refractivity contribution in [1.82, 2.24) is 4.98 Å². The Morgan fingerprint density at radius 3 is 2.60 bits per heavy atom. The molecule has 15 heavy (non-hydrogen) atoms. The van der Waals surface area contributed by atoms with Crippen molar-refractivity contribution in [2.24, 2.45) is 0 Å². The van der Waals surface area contributed by atoms with Crippen LogP contribution in [0.3, 0.4) is 0 Å². The average molecular weight is 217 g/mol. The van der Waals surface area contributed by atoms with Crippen LogP contribution < -0.4 is 0 Å². The molecule has 0 unspecified atom stereocenters. The molecule has 0 aliphatic carbocycles. The molecule has 2 nitrogen and oxygen atoms in total. The van der Waals surface area contributed by atoms with E-state index >= 15 is 0 Å². The monoisotopic (exact) mass is 217 g/mol. The molecular weight excluding hydrogens is 206 g/mol. The van der Waals surface area contributed by atoms with Crippen LogP contribution in [0.4, 0.5) is 0 Å². The van der Waals surface area contributed by atoms with Crippen molar-refractivity contribution in [1.29, 1.82) is 0 Å². The zero-order chi connectivity index (χ0) is 10.8. The summed E-state index contributed by atoms with van der Waals surface area (Å²) in [5, 5.41) is 1.89. The Morgan fingerprint density at radius 2 is 2.00 bits per heavy atom. The summed E-state index contributed by atoms with van der Waals surface area (Å²) in [7, 11) is 0. The highest BCUT2D eigenvalue weighted by atomic mass is 32.1. The number of pyridine rings is 1. The molecular formula is C12H11NOS. The number of carbonyl (C=O) groups is 1. The smallest absolute Gasteiger partial charge is 0.195 e. The molecule has 0 aromatic carbocycles. The van der Waals surface area contributed by atoms with E-state index in [2.05, 4.69) is 4.98 Å². The van der Waals surface area contributed by atoms with Gasteiger partial charge < -0.3 is 0 Å². The summed E-state index contributed by atoms with van der Waals surface area (Å²) in [6.07, 6.45) is 3.36. The van der Waals surface area contributed by atoms with Crippen molar-refractivity contribution in [3.8, 4) is 0 Å². The second-order valence-electron chi connectivity index (χ2n) is 3.53. The molecule has 0 atom stereocenters. The van der Waals surface area contributed by atoms with Crippen molar-refractivity contribution in [3.63, 3.8) is 0 Å². The lowest BCUT2D eigenvalue weighted by Crippen LogP contribution is -2.00. The van der Waals surface area contributed by atoms with Gasteiger partial charge in [0.15, 0.2) is 5.78 Å². The van der Waals surface area contributed by atoms with E-state index in [0.29, 0.717) is 5.56 Å². The molecule has 0 saturated carbocycles. The predicted molar refractivity (Wildman–Crippen MR) is 61.5 cm³/mol. The molecule has 0 amide bonds. The highest BCUT2D eigenvalue weighted by Gasteiger charge is 2.10. The van der Waals surface area contributed by atoms with Gasteiger partial charge in [-0.05, 0) is 31.5 Å². The highest BCUT2D eigenvalue weighted by molar-refractivity contribution is 7.10. The molecule has 2 aromatic rings. The molecule has 0 radical (unpaired) electrons. The Balaban J connectivity index is 2.36. The van der Waals surface area contributed by atoms with Crippen LogP contribution in [-0.2, 0) is 0 Å². The van der Waals surface area contributed by atoms with E-state index in [4.69, 9.17) is 0 Å². The summed E-state index contributed by atoms with van der Waals surface area (Å²) >= 11 is 1.59. The van der Waals surface area contributed by atoms with E-state index in [9.17, 15) is 4.79 Å². The van der Waals surface area contributed by atoms with Crippen LogP contribution in [0.15, 0.2) is 29.9 Å². The molecule has 2 rings (SSSR count). The zero-order valence-electron chi connectivity index (χ0n) is 8.65. The van der Waals surface area contributed by atoms with Gasteiger partial charge in [0.05, 0.1) is 0 Å². The van der Waals surface area contributed by atoms with Gasteiger partial charge in [-0.2, -0.15) is 0 Å². The molecule has 0 bridgehead atoms. The van der Waals surface area contributed by atoms with Crippen molar-refractivity contribution in [2.75, 3.05) is 0 Å². The quantitative estimate of drug-likeness (QED) is 0.724. The third-order valence-corrected chi connectivity index (χ3v) is 2.99. The number of rotatable bonds is 2. The number of nitrogens with zero attached hydrogens (tertiary/aromatic N) is 1. The number of hydrogen-bond acceptors (Lipinski definition) is 3. The van der Waals surface area contributed by atoms with Gasteiger partial charge >= 0.3 is 0 Å². The van der Waals surface area contributed by atoms with Crippen LogP contribution in [-0.4, -0.2) is 10.8 Å². The third kappa shape index (κ3) is 2.13. The number of aromatic nitrogens is 1. The Hall–Kier alpha value is -1.48. The first-order chi connectivity index (χ1) is 7.16. The second-order valence-corrected chi connectivity index (χ2v) is 4.64. The Bertz CT molecular complexity index is 502. The van der Waals surface area contributed by atoms with Crippen LogP contribution >= 0.6 is 11.3 Å². The fourth-order valence-corrected chi connectivity index (χ4v) is 2.09. The predicted octanol–water partition coefficient (Wildman–Crippen LogP) is 2.99. The van der Waals surface area contributed by atoms with Crippen molar-refractivity contribution in [3.05, 3.63) is 51.5 Å². The number of aryl methyl sites for hydroxylation is 2. The van der Waals surface area contributed by atoms with Crippen LogP contribution in [0.5, 0.6) is 0 Å². The third-order valence-electron chi connectivity index (χ3n) is 2.13. The number of carbonyl (C=O) groups excluding carboxylic acids is 1. The van der Waals surface area contributed by atoms with Gasteiger partial charge in [-0.3, -0.25) is 9.78 Å². The van der Waals surface area contributed by atoms with Gasteiger partial charge in [0.2, 0.25) is 0 Å². The van der Waals surface area contributed by atoms with Gasteiger partial charge in [0.1, 0.15) is 0 Å². The fourth-order valence-electron chi connectivity index (χ4n) is 1.41. The fraction of sp³-hybridized carbons (Fsp3) is 0.167. The van der Waals surface area contributed by atoms with Gasteiger partial charge in [-0.25, -0.2) is 0 Å². The molecule has 0 saturated heterocycles. The molecule has 3 heteroatoms. The summed E-state index contributed by atoms with van der Waals surface area (Å²) in [6, 6.07) is 3.78. The van der Waals surface area contributed by atoms with Gasteiger partial charge in [-0.1, -0.05) is 0 Å². The number of ketones is 1. The lowest BCUT2D eigenvalue weighted by Gasteiger charge is -1.98. The summed E-state index contributed by atoms with van der Waals surface area (Å²) in [6.45, 7) is 3.93. The lowest BCUT2D eigenvalue weighted by molar-refractivity contribution is 0.103. The van der Waals surface area contributed by atoms with E-state index in [0.717, 1.165) is 16.0 Å². The standard InChI is InChI=1S/C12H11NOS/c1-8-3-10(6-13-5-8)12(14)11-4-9(2)15-7-11/h3-7H,1-2H3. The SMILES string of the molecule is Cc1cncc(C(=O)c2csc(C)c2)c1. The van der Waals surface area contributed by atoms with Crippen LogP contribution in [0.25, 0.3) is 0 Å². The van der Waals surface area contributed by atoms with Crippen molar-refractivity contribution >= 4 is 17.1 Å². The van der Waals surface area contributed by atoms with Gasteiger partial charge in [-0.15, -0.1) is 11.3 Å². The van der Waals surface area contributed by atoms with Gasteiger partial charge in [0.25, 0.3) is 0 Å². The number of hydrogen-bond donors (Lipinski definition) is 0. The lowest BCUT2D eigenvalue weighted by atomic mass is 10.1. The molecule has 76 valence electrons. The van der Waals surface area contributed by atoms with Crippen LogP contribution in [0.2, 0.25) is 0 Å². The molecule has 0 aliphatic rings. The molecule has 0 aliphatic heterocycles. The van der Waals surface area contributed by atoms with Crippen LogP contribution in [0, 0.1) is 13.8 Å². The topological polar surface area (TPSA) is 30.0 Å². The average Bonchev–Trinajstić information content (AvgIpc) is 2.64. The summed E-state index contributed by atoms with van der Waals surface area (Å²) < 4.78 is 0. The first-order valence-electron chi connectivity index (χ1n) is 4.68. The first-order valence-corrected chi connectivity index (χ1v) is 5.56. The Labute approximate surface area is 92.6 Å². The van der Waals surface area contributed by atoms with Gasteiger partial charge in [0, 0.05) is 33.8 Å². The highest BCUT2D eigenvalue weighted by Crippen LogP contribution is 2.17.